The van der Waals surface area contributed by atoms with E-state index in [2.05, 4.69) is 44.9 Å². The molecule has 0 unspecified atom stereocenters. The van der Waals surface area contributed by atoms with E-state index in [1.165, 1.54) is 0 Å². The van der Waals surface area contributed by atoms with Crippen LogP contribution in [-0.2, 0) is 20.1 Å². The Balaban J connectivity index is 0.000000246. The summed E-state index contributed by atoms with van der Waals surface area (Å²) >= 11 is 0. The Morgan fingerprint density at radius 2 is 1.54 bits per heavy atom. The van der Waals surface area contributed by atoms with Crippen molar-refractivity contribution in [2.75, 3.05) is 0 Å². The molecule has 0 aliphatic heterocycles. The molecule has 0 atom stereocenters. The normalized spacial score (nSPS) is 11.7. The van der Waals surface area contributed by atoms with Gasteiger partial charge in [-0.25, -0.2) is 0 Å². The van der Waals surface area contributed by atoms with Crippen LogP contribution in [0.5, 0.6) is 0 Å². The van der Waals surface area contributed by atoms with Gasteiger partial charge in [-0.2, -0.15) is 0 Å². The molecule has 0 saturated carbocycles. The second-order valence-corrected chi connectivity index (χ2v) is 11.5. The Hall–Kier alpha value is -5.42. The monoisotopic (exact) mass is 800 g/mol. The van der Waals surface area contributed by atoms with Crippen molar-refractivity contribution in [2.24, 2.45) is 0 Å². The van der Waals surface area contributed by atoms with E-state index in [0.717, 1.165) is 77.8 Å². The van der Waals surface area contributed by atoms with Gasteiger partial charge in [0.2, 0.25) is 0 Å². The van der Waals surface area contributed by atoms with E-state index in [1.54, 1.807) is 6.20 Å². The molecule has 5 nitrogen and oxygen atoms in total. The fourth-order valence-electron chi connectivity index (χ4n) is 5.99. The number of nitrogens with zero attached hydrogens (tertiary/aromatic N) is 4. The third-order valence-corrected chi connectivity index (χ3v) is 8.29. The maximum atomic E-state index is 8.44. The minimum atomic E-state index is -0.711. The van der Waals surface area contributed by atoms with Crippen molar-refractivity contribution >= 4 is 43.9 Å². The summed E-state index contributed by atoms with van der Waals surface area (Å²) in [7, 11) is 0. The zero-order valence-electron chi connectivity index (χ0n) is 27.3. The molecule has 9 aromatic rings. The van der Waals surface area contributed by atoms with Crippen molar-refractivity contribution < 1.29 is 25.9 Å². The first-order valence-electron chi connectivity index (χ1n) is 16.0. The van der Waals surface area contributed by atoms with Crippen LogP contribution in [0.25, 0.3) is 72.2 Å². The largest absolute Gasteiger partial charge is 0.501 e. The Morgan fingerprint density at radius 1 is 0.729 bits per heavy atom. The van der Waals surface area contributed by atoms with Crippen molar-refractivity contribution in [1.29, 1.82) is 0 Å². The summed E-state index contributed by atoms with van der Waals surface area (Å²) in [5, 5.41) is 3.06. The summed E-state index contributed by atoms with van der Waals surface area (Å²) in [6.07, 6.45) is 3.62. The van der Waals surface area contributed by atoms with Crippen molar-refractivity contribution in [3.05, 3.63) is 157 Å². The number of benzene rings is 5. The topological polar surface area (TPSA) is 56.7 Å². The van der Waals surface area contributed by atoms with E-state index in [0.29, 0.717) is 0 Å². The van der Waals surface area contributed by atoms with Gasteiger partial charge in [-0.1, -0.05) is 85.5 Å². The molecule has 0 N–H and O–H groups in total. The standard InChI is InChI=1S/C31H22N3O.C11H8N.Ir/c1-19(2)20-15-16-22-23-12-8-13-25(30(23)35-28(22)17-20)31-33-27-18-32-26-14-7-6-11-24(26)29(27)34(31)21-9-4-3-5-10-21;1-2-6-10(7-3-1)11-8-4-5-9-12-11;/h3-12,14-19H,1-2H3;1-6,8-9H;/q2*-1;/i19D;;. The van der Waals surface area contributed by atoms with Crippen LogP contribution >= 0.6 is 0 Å². The molecule has 5 aromatic carbocycles. The summed E-state index contributed by atoms with van der Waals surface area (Å²) in [6, 6.07) is 48.6. The maximum absolute atomic E-state index is 8.44. The second-order valence-electron chi connectivity index (χ2n) is 11.5. The van der Waals surface area contributed by atoms with Crippen molar-refractivity contribution in [3.63, 3.8) is 0 Å². The van der Waals surface area contributed by atoms with E-state index >= 15 is 0 Å². The summed E-state index contributed by atoms with van der Waals surface area (Å²) in [5.74, 6) is 0.0392. The third kappa shape index (κ3) is 5.70. The quantitative estimate of drug-likeness (QED) is 0.166. The van der Waals surface area contributed by atoms with Crippen LogP contribution in [0.4, 0.5) is 0 Å². The molecule has 1 radical (unpaired) electrons. The van der Waals surface area contributed by atoms with Gasteiger partial charge in [0.15, 0.2) is 0 Å². The average molecular weight is 800 g/mol. The first-order chi connectivity index (χ1) is 23.5. The summed E-state index contributed by atoms with van der Waals surface area (Å²) in [4.78, 5) is 13.9. The molecule has 0 aliphatic rings. The second kappa shape index (κ2) is 13.4. The number of fused-ring (bicyclic) bond motifs is 6. The number of para-hydroxylation sites is 2. The van der Waals surface area contributed by atoms with Crippen LogP contribution in [-0.4, -0.2) is 19.5 Å². The van der Waals surface area contributed by atoms with Crippen LogP contribution < -0.4 is 0 Å². The molecule has 0 fully saturated rings. The van der Waals surface area contributed by atoms with Crippen molar-refractivity contribution in [3.8, 4) is 28.3 Å². The van der Waals surface area contributed by atoms with Gasteiger partial charge >= 0.3 is 0 Å². The zero-order valence-corrected chi connectivity index (χ0v) is 28.7. The minimum absolute atomic E-state index is 0. The van der Waals surface area contributed by atoms with Gasteiger partial charge in [-0.15, -0.1) is 54.1 Å². The molecule has 0 amide bonds. The first-order valence-corrected chi connectivity index (χ1v) is 15.5. The molecular weight excluding hydrogens is 769 g/mol. The minimum Gasteiger partial charge on any atom is -0.501 e. The molecule has 9 rings (SSSR count). The van der Waals surface area contributed by atoms with Crippen molar-refractivity contribution in [1.82, 2.24) is 19.5 Å². The summed E-state index contributed by atoms with van der Waals surface area (Å²) < 4.78 is 17.1. The number of hydrogen-bond donors (Lipinski definition) is 0. The molecule has 4 heterocycles. The molecule has 0 aliphatic carbocycles. The number of hydrogen-bond acceptors (Lipinski definition) is 4. The van der Waals surface area contributed by atoms with Gasteiger partial charge in [0.05, 0.1) is 34.2 Å². The van der Waals surface area contributed by atoms with E-state index in [-0.39, 0.29) is 20.1 Å². The Bertz CT molecular complexity index is 2500. The van der Waals surface area contributed by atoms with E-state index < -0.39 is 5.89 Å². The van der Waals surface area contributed by atoms with E-state index in [4.69, 9.17) is 10.8 Å². The van der Waals surface area contributed by atoms with Crippen LogP contribution in [0.1, 0.15) is 26.7 Å². The third-order valence-electron chi connectivity index (χ3n) is 8.29. The zero-order chi connectivity index (χ0) is 32.7. The molecule has 4 aromatic heterocycles. The van der Waals surface area contributed by atoms with E-state index in [1.807, 2.05) is 129 Å². The predicted octanol–water partition coefficient (Wildman–Crippen LogP) is 10.6. The Morgan fingerprint density at radius 3 is 2.33 bits per heavy atom. The average Bonchev–Trinajstić information content (AvgIpc) is 3.71. The Kier molecular flexibility index (Phi) is 8.34. The summed E-state index contributed by atoms with van der Waals surface area (Å²) in [6.45, 7) is 3.77. The Labute approximate surface area is 293 Å². The molecule has 0 bridgehead atoms. The summed E-state index contributed by atoms with van der Waals surface area (Å²) in [5.41, 5.74) is 8.95. The molecule has 48 heavy (non-hydrogen) atoms. The molecule has 0 saturated heterocycles. The van der Waals surface area contributed by atoms with Crippen LogP contribution in [0.15, 0.2) is 144 Å². The fourth-order valence-corrected chi connectivity index (χ4v) is 5.99. The van der Waals surface area contributed by atoms with Crippen LogP contribution in [0.2, 0.25) is 0 Å². The number of furan rings is 1. The number of imidazole rings is 1. The van der Waals surface area contributed by atoms with Crippen LogP contribution in [0, 0.1) is 12.1 Å². The van der Waals surface area contributed by atoms with Gasteiger partial charge in [0.1, 0.15) is 5.58 Å². The first kappa shape index (κ1) is 29.9. The fraction of sp³-hybridized carbons (Fsp3) is 0.0714. The molecule has 235 valence electrons. The van der Waals surface area contributed by atoms with Crippen LogP contribution in [0.3, 0.4) is 0 Å². The number of rotatable bonds is 4. The maximum Gasteiger partial charge on any atom is 0.121 e. The van der Waals surface area contributed by atoms with Gasteiger partial charge in [0.25, 0.3) is 0 Å². The smallest absolute Gasteiger partial charge is 0.121 e. The predicted molar refractivity (Wildman–Crippen MR) is 191 cm³/mol. The van der Waals surface area contributed by atoms with E-state index in [9.17, 15) is 0 Å². The number of aromatic nitrogens is 4. The van der Waals surface area contributed by atoms with Crippen molar-refractivity contribution in [2.45, 2.75) is 19.7 Å². The SMILES string of the molecule is [2H]C(C)(C)c1ccc2c(c1)oc1c(-c3nc4cnc5ccccc5c4n3-c3ccccc3)[c-]ccc12.[Ir].[c-]1ccccc1-c1ccccn1. The van der Waals surface area contributed by atoms with Gasteiger partial charge in [-0.3, -0.25) is 9.97 Å². The molecule has 0 spiro atoms. The molecular formula is C42H30IrN4O-2. The molecule has 6 heteroatoms. The number of pyridine rings is 2. The van der Waals surface area contributed by atoms with Gasteiger partial charge < -0.3 is 14.0 Å². The van der Waals surface area contributed by atoms with Gasteiger partial charge in [0, 0.05) is 44.1 Å². The van der Waals surface area contributed by atoms with Gasteiger partial charge in [-0.05, 0) is 47.5 Å².